The molecule has 9 nitrogen and oxygen atoms in total. The minimum Gasteiger partial charge on any atom is -0.360 e. The SMILES string of the molecule is CC(=O)NCC1CCCN1C(=O)c1cc2ncnc(N[C@@H](C)c3nc4cc(Cl)ccc4[nH]3)c2cc1Cl. The van der Waals surface area contributed by atoms with Gasteiger partial charge in [0.1, 0.15) is 18.0 Å². The fourth-order valence-corrected chi connectivity index (χ4v) is 4.98. The van der Waals surface area contributed by atoms with Gasteiger partial charge in [-0.25, -0.2) is 15.0 Å². The van der Waals surface area contributed by atoms with Crippen molar-refractivity contribution < 1.29 is 9.59 Å². The van der Waals surface area contributed by atoms with Crippen LogP contribution in [0.1, 0.15) is 48.9 Å². The normalized spacial score (nSPS) is 16.4. The molecule has 0 radical (unpaired) electrons. The van der Waals surface area contributed by atoms with Crippen LogP contribution in [0.25, 0.3) is 21.9 Å². The van der Waals surface area contributed by atoms with Crippen molar-refractivity contribution in [3.05, 3.63) is 58.1 Å². The first-order chi connectivity index (χ1) is 17.3. The van der Waals surface area contributed by atoms with E-state index >= 15 is 0 Å². The molecule has 1 aliphatic heterocycles. The lowest BCUT2D eigenvalue weighted by Gasteiger charge is -2.25. The number of aromatic nitrogens is 4. The van der Waals surface area contributed by atoms with E-state index in [1.165, 1.54) is 13.3 Å². The highest BCUT2D eigenvalue weighted by Crippen LogP contribution is 2.31. The van der Waals surface area contributed by atoms with Gasteiger partial charge in [0.15, 0.2) is 0 Å². The van der Waals surface area contributed by atoms with Crippen LogP contribution in [-0.4, -0.2) is 55.8 Å². The molecule has 3 N–H and O–H groups in total. The summed E-state index contributed by atoms with van der Waals surface area (Å²) in [5.74, 6) is 1.03. The number of amides is 2. The second-order valence-corrected chi connectivity index (χ2v) is 9.80. The topological polar surface area (TPSA) is 116 Å². The lowest BCUT2D eigenvalue weighted by atomic mass is 10.1. The number of halogens is 2. The Morgan fingerprint density at radius 2 is 2.03 bits per heavy atom. The first-order valence-electron chi connectivity index (χ1n) is 11.7. The lowest BCUT2D eigenvalue weighted by molar-refractivity contribution is -0.119. The second-order valence-electron chi connectivity index (χ2n) is 8.95. The molecule has 186 valence electrons. The summed E-state index contributed by atoms with van der Waals surface area (Å²) < 4.78 is 0. The van der Waals surface area contributed by atoms with E-state index in [1.807, 2.05) is 25.1 Å². The molecule has 0 aliphatic carbocycles. The summed E-state index contributed by atoms with van der Waals surface area (Å²) in [6.07, 6.45) is 3.16. The van der Waals surface area contributed by atoms with Gasteiger partial charge >= 0.3 is 0 Å². The van der Waals surface area contributed by atoms with Crippen molar-refractivity contribution in [2.45, 2.75) is 38.8 Å². The fourth-order valence-electron chi connectivity index (χ4n) is 4.56. The van der Waals surface area contributed by atoms with Crippen molar-refractivity contribution in [1.82, 2.24) is 30.2 Å². The van der Waals surface area contributed by atoms with Crippen molar-refractivity contribution in [3.63, 3.8) is 0 Å². The van der Waals surface area contributed by atoms with E-state index < -0.39 is 0 Å². The lowest BCUT2D eigenvalue weighted by Crippen LogP contribution is -2.42. The predicted octanol–water partition coefficient (Wildman–Crippen LogP) is 4.73. The fraction of sp³-hybridized carbons (Fsp3) is 0.320. The van der Waals surface area contributed by atoms with E-state index in [-0.39, 0.29) is 23.9 Å². The number of nitrogens with zero attached hydrogens (tertiary/aromatic N) is 4. The number of hydrogen-bond acceptors (Lipinski definition) is 6. The maximum Gasteiger partial charge on any atom is 0.255 e. The van der Waals surface area contributed by atoms with Crippen molar-refractivity contribution in [2.75, 3.05) is 18.4 Å². The van der Waals surface area contributed by atoms with Crippen LogP contribution >= 0.6 is 23.2 Å². The van der Waals surface area contributed by atoms with Gasteiger partial charge in [0.25, 0.3) is 5.91 Å². The van der Waals surface area contributed by atoms with Crippen LogP contribution in [0.3, 0.4) is 0 Å². The highest BCUT2D eigenvalue weighted by molar-refractivity contribution is 6.35. The van der Waals surface area contributed by atoms with Crippen LogP contribution in [0.2, 0.25) is 10.0 Å². The molecular formula is C25H25Cl2N7O2. The molecule has 11 heteroatoms. The molecule has 2 atom stereocenters. The number of benzene rings is 2. The molecule has 0 spiro atoms. The number of imidazole rings is 1. The summed E-state index contributed by atoms with van der Waals surface area (Å²) in [6, 6.07) is 8.67. The molecule has 2 aromatic carbocycles. The molecule has 1 fully saturated rings. The van der Waals surface area contributed by atoms with Gasteiger partial charge in [0, 0.05) is 36.5 Å². The number of H-pyrrole nitrogens is 1. The van der Waals surface area contributed by atoms with Crippen molar-refractivity contribution in [3.8, 4) is 0 Å². The van der Waals surface area contributed by atoms with Crippen LogP contribution in [0.4, 0.5) is 5.82 Å². The minimum atomic E-state index is -0.200. The molecule has 1 saturated heterocycles. The van der Waals surface area contributed by atoms with E-state index in [0.717, 1.165) is 29.7 Å². The van der Waals surface area contributed by atoms with Crippen molar-refractivity contribution >= 4 is 62.8 Å². The Labute approximate surface area is 217 Å². The molecular weight excluding hydrogens is 501 g/mol. The molecule has 36 heavy (non-hydrogen) atoms. The van der Waals surface area contributed by atoms with Gasteiger partial charge in [-0.15, -0.1) is 0 Å². The molecule has 2 aromatic heterocycles. The Morgan fingerprint density at radius 1 is 1.19 bits per heavy atom. The van der Waals surface area contributed by atoms with Crippen LogP contribution in [0.15, 0.2) is 36.7 Å². The van der Waals surface area contributed by atoms with Crippen LogP contribution < -0.4 is 10.6 Å². The van der Waals surface area contributed by atoms with E-state index in [2.05, 4.69) is 30.6 Å². The molecule has 1 aliphatic rings. The minimum absolute atomic E-state index is 0.0599. The number of anilines is 1. The van der Waals surface area contributed by atoms with Gasteiger partial charge in [-0.2, -0.15) is 0 Å². The third-order valence-corrected chi connectivity index (χ3v) is 6.95. The van der Waals surface area contributed by atoms with Gasteiger partial charge < -0.3 is 20.5 Å². The van der Waals surface area contributed by atoms with Crippen molar-refractivity contribution in [1.29, 1.82) is 0 Å². The van der Waals surface area contributed by atoms with Crippen LogP contribution in [0, 0.1) is 0 Å². The third-order valence-electron chi connectivity index (χ3n) is 6.41. The summed E-state index contributed by atoms with van der Waals surface area (Å²) in [5.41, 5.74) is 2.65. The predicted molar refractivity (Wildman–Crippen MR) is 140 cm³/mol. The maximum atomic E-state index is 13.4. The number of carbonyl (C=O) groups is 2. The Bertz CT molecular complexity index is 1470. The first kappa shape index (κ1) is 24.3. The van der Waals surface area contributed by atoms with Crippen molar-refractivity contribution in [2.24, 2.45) is 0 Å². The maximum absolute atomic E-state index is 13.4. The average molecular weight is 526 g/mol. The molecule has 5 rings (SSSR count). The monoisotopic (exact) mass is 525 g/mol. The smallest absolute Gasteiger partial charge is 0.255 e. The largest absolute Gasteiger partial charge is 0.360 e. The zero-order chi connectivity index (χ0) is 25.4. The zero-order valence-corrected chi connectivity index (χ0v) is 21.3. The van der Waals surface area contributed by atoms with Gasteiger partial charge in [0.05, 0.1) is 33.2 Å². The van der Waals surface area contributed by atoms with Gasteiger partial charge in [-0.3, -0.25) is 9.59 Å². The Morgan fingerprint density at radius 3 is 2.83 bits per heavy atom. The molecule has 3 heterocycles. The second kappa shape index (κ2) is 9.91. The molecule has 0 saturated carbocycles. The van der Waals surface area contributed by atoms with E-state index in [9.17, 15) is 9.59 Å². The summed E-state index contributed by atoms with van der Waals surface area (Å²) >= 11 is 12.7. The first-order valence-corrected chi connectivity index (χ1v) is 12.5. The van der Waals surface area contributed by atoms with E-state index in [4.69, 9.17) is 23.2 Å². The molecule has 2 amide bonds. The molecule has 4 aromatic rings. The quantitative estimate of drug-likeness (QED) is 0.335. The Hall–Kier alpha value is -3.43. The van der Waals surface area contributed by atoms with Gasteiger partial charge in [0.2, 0.25) is 5.91 Å². The van der Waals surface area contributed by atoms with E-state index in [0.29, 0.717) is 45.4 Å². The zero-order valence-electron chi connectivity index (χ0n) is 19.8. The van der Waals surface area contributed by atoms with Crippen LogP contribution in [0.5, 0.6) is 0 Å². The summed E-state index contributed by atoms with van der Waals surface area (Å²) in [7, 11) is 0. The summed E-state index contributed by atoms with van der Waals surface area (Å²) in [4.78, 5) is 43.2. The number of aromatic amines is 1. The number of hydrogen-bond donors (Lipinski definition) is 3. The highest BCUT2D eigenvalue weighted by Gasteiger charge is 2.31. The Kier molecular flexibility index (Phi) is 6.68. The third kappa shape index (κ3) is 4.81. The average Bonchev–Trinajstić information content (AvgIpc) is 3.49. The molecule has 0 bridgehead atoms. The van der Waals surface area contributed by atoms with Gasteiger partial charge in [-0.05, 0) is 50.1 Å². The number of likely N-dealkylation sites (tertiary alicyclic amines) is 1. The number of fused-ring (bicyclic) bond motifs is 2. The molecule has 1 unspecified atom stereocenters. The summed E-state index contributed by atoms with van der Waals surface area (Å²) in [6.45, 7) is 4.48. The van der Waals surface area contributed by atoms with Gasteiger partial charge in [-0.1, -0.05) is 23.2 Å². The summed E-state index contributed by atoms with van der Waals surface area (Å²) in [5, 5.41) is 7.82. The highest BCUT2D eigenvalue weighted by atomic mass is 35.5. The number of nitrogens with one attached hydrogen (secondary N) is 3. The number of rotatable bonds is 6. The standard InChI is InChI=1S/C25H25Cl2N7O2/c1-13(23-32-20-6-5-15(26)8-22(20)33-23)31-24-18-9-19(27)17(10-21(18)29-12-30-24)25(36)34-7-3-4-16(34)11-28-14(2)35/h5-6,8-10,12-13,16H,3-4,7,11H2,1-2H3,(H,28,35)(H,32,33)(H,29,30,31)/t13-,16?/m0/s1. The van der Waals surface area contributed by atoms with Crippen LogP contribution in [-0.2, 0) is 4.79 Å². The number of carbonyl (C=O) groups excluding carboxylic acids is 2. The Balaban J connectivity index is 1.40. The van der Waals surface area contributed by atoms with E-state index in [1.54, 1.807) is 17.0 Å².